The average Bonchev–Trinajstić information content (AvgIpc) is 2.68. The van der Waals surface area contributed by atoms with Crippen molar-refractivity contribution in [3.05, 3.63) is 84.7 Å². The lowest BCUT2D eigenvalue weighted by Crippen LogP contribution is -2.22. The van der Waals surface area contributed by atoms with Gasteiger partial charge in [-0.1, -0.05) is 30.3 Å². The Bertz CT molecular complexity index is 867. The summed E-state index contributed by atoms with van der Waals surface area (Å²) >= 11 is 0. The normalized spacial score (nSPS) is 10.2. The molecule has 0 atom stereocenters. The first-order valence-electron chi connectivity index (χ1n) is 8.19. The lowest BCUT2D eigenvalue weighted by molar-refractivity contribution is -0.118. The summed E-state index contributed by atoms with van der Waals surface area (Å²) in [6.45, 7) is -0.158. The van der Waals surface area contributed by atoms with Crippen molar-refractivity contribution >= 4 is 23.0 Å². The van der Waals surface area contributed by atoms with Crippen molar-refractivity contribution in [3.8, 4) is 5.75 Å². The summed E-state index contributed by atoms with van der Waals surface area (Å²) in [7, 11) is 1.94. The molecule has 5 heteroatoms. The molecule has 1 N–H and O–H groups in total. The number of ether oxygens (including phenoxy) is 1. The number of para-hydroxylation sites is 3. The second-order valence-corrected chi connectivity index (χ2v) is 5.70. The molecule has 3 rings (SSSR count). The summed E-state index contributed by atoms with van der Waals surface area (Å²) in [5.41, 5.74) is 2.57. The number of halogens is 1. The highest BCUT2D eigenvalue weighted by atomic mass is 19.1. The van der Waals surface area contributed by atoms with Gasteiger partial charge in [0.1, 0.15) is 11.6 Å². The van der Waals surface area contributed by atoms with Gasteiger partial charge in [-0.3, -0.25) is 4.79 Å². The number of anilines is 3. The van der Waals surface area contributed by atoms with Crippen LogP contribution in [0, 0.1) is 5.82 Å². The quantitative estimate of drug-likeness (QED) is 0.706. The van der Waals surface area contributed by atoms with Crippen LogP contribution in [-0.4, -0.2) is 19.6 Å². The summed E-state index contributed by atoms with van der Waals surface area (Å²) < 4.78 is 18.3. The number of benzene rings is 3. The van der Waals surface area contributed by atoms with Gasteiger partial charge in [-0.05, 0) is 48.5 Å². The van der Waals surface area contributed by atoms with E-state index < -0.39 is 0 Å². The summed E-state index contributed by atoms with van der Waals surface area (Å²) in [5, 5.41) is 2.86. The van der Waals surface area contributed by atoms with Crippen LogP contribution in [0.5, 0.6) is 5.75 Å². The van der Waals surface area contributed by atoms with E-state index in [2.05, 4.69) is 5.32 Å². The van der Waals surface area contributed by atoms with Crippen molar-refractivity contribution in [3.63, 3.8) is 0 Å². The Labute approximate surface area is 151 Å². The Balaban J connectivity index is 1.68. The zero-order valence-corrected chi connectivity index (χ0v) is 14.4. The molecule has 0 bridgehead atoms. The second-order valence-electron chi connectivity index (χ2n) is 5.70. The first-order chi connectivity index (χ1) is 12.6. The first kappa shape index (κ1) is 17.5. The molecule has 0 aliphatic heterocycles. The van der Waals surface area contributed by atoms with Gasteiger partial charge < -0.3 is 15.0 Å². The van der Waals surface area contributed by atoms with Crippen LogP contribution < -0.4 is 15.0 Å². The van der Waals surface area contributed by atoms with Crippen LogP contribution in [0.2, 0.25) is 0 Å². The standard InChI is InChI=1S/C21H19FN2O2/c1-24(17-7-3-2-4-8-17)20-10-6-5-9-19(20)23-21(25)15-26-18-13-11-16(22)12-14-18/h2-14H,15H2,1H3,(H,23,25). The lowest BCUT2D eigenvalue weighted by Gasteiger charge is -2.22. The zero-order valence-electron chi connectivity index (χ0n) is 14.4. The molecule has 0 saturated carbocycles. The van der Waals surface area contributed by atoms with E-state index in [1.165, 1.54) is 24.3 Å². The van der Waals surface area contributed by atoms with E-state index in [1.54, 1.807) is 0 Å². The van der Waals surface area contributed by atoms with Crippen LogP contribution in [0.4, 0.5) is 21.5 Å². The predicted molar refractivity (Wildman–Crippen MR) is 101 cm³/mol. The van der Waals surface area contributed by atoms with Crippen LogP contribution in [0.15, 0.2) is 78.9 Å². The average molecular weight is 350 g/mol. The zero-order chi connectivity index (χ0) is 18.4. The van der Waals surface area contributed by atoms with Gasteiger partial charge in [0.2, 0.25) is 0 Å². The minimum absolute atomic E-state index is 0.158. The molecule has 0 saturated heterocycles. The summed E-state index contributed by atoms with van der Waals surface area (Å²) in [4.78, 5) is 14.2. The molecule has 0 fully saturated rings. The van der Waals surface area contributed by atoms with Crippen LogP contribution in [0.3, 0.4) is 0 Å². The molecule has 132 valence electrons. The molecule has 0 radical (unpaired) electrons. The van der Waals surface area contributed by atoms with Crippen LogP contribution in [-0.2, 0) is 4.79 Å². The minimum Gasteiger partial charge on any atom is -0.484 e. The molecule has 0 aliphatic rings. The topological polar surface area (TPSA) is 41.6 Å². The van der Waals surface area contributed by atoms with E-state index >= 15 is 0 Å². The summed E-state index contributed by atoms with van der Waals surface area (Å²) in [5.74, 6) is -0.195. The smallest absolute Gasteiger partial charge is 0.262 e. The van der Waals surface area contributed by atoms with Crippen molar-refractivity contribution < 1.29 is 13.9 Å². The van der Waals surface area contributed by atoms with Crippen molar-refractivity contribution in [1.82, 2.24) is 0 Å². The van der Waals surface area contributed by atoms with E-state index in [4.69, 9.17) is 4.74 Å². The largest absolute Gasteiger partial charge is 0.484 e. The highest BCUT2D eigenvalue weighted by molar-refractivity contribution is 5.96. The number of carbonyl (C=O) groups is 1. The minimum atomic E-state index is -0.348. The SMILES string of the molecule is CN(c1ccccc1)c1ccccc1NC(=O)COc1ccc(F)cc1. The van der Waals surface area contributed by atoms with E-state index in [0.29, 0.717) is 11.4 Å². The van der Waals surface area contributed by atoms with Gasteiger partial charge in [-0.15, -0.1) is 0 Å². The fourth-order valence-electron chi connectivity index (χ4n) is 2.53. The number of nitrogens with one attached hydrogen (secondary N) is 1. The molecule has 0 aliphatic carbocycles. The van der Waals surface area contributed by atoms with Crippen LogP contribution in [0.1, 0.15) is 0 Å². The number of amides is 1. The summed E-state index contributed by atoms with van der Waals surface area (Å²) in [6.07, 6.45) is 0. The molecule has 4 nitrogen and oxygen atoms in total. The third-order valence-electron chi connectivity index (χ3n) is 3.87. The van der Waals surface area contributed by atoms with Gasteiger partial charge in [0.25, 0.3) is 5.91 Å². The highest BCUT2D eigenvalue weighted by Crippen LogP contribution is 2.30. The van der Waals surface area contributed by atoms with E-state index in [1.807, 2.05) is 66.5 Å². The van der Waals surface area contributed by atoms with Crippen LogP contribution in [0.25, 0.3) is 0 Å². The van der Waals surface area contributed by atoms with Gasteiger partial charge in [-0.25, -0.2) is 4.39 Å². The number of hydrogen-bond donors (Lipinski definition) is 1. The Morgan fingerprint density at radius 3 is 2.35 bits per heavy atom. The second kappa shape index (κ2) is 8.16. The van der Waals surface area contributed by atoms with Gasteiger partial charge in [0.15, 0.2) is 6.61 Å². The molecule has 0 unspecified atom stereocenters. The van der Waals surface area contributed by atoms with Crippen molar-refractivity contribution in [2.24, 2.45) is 0 Å². The fourth-order valence-corrected chi connectivity index (χ4v) is 2.53. The Kier molecular flexibility index (Phi) is 5.49. The molecule has 0 aromatic heterocycles. The monoisotopic (exact) mass is 350 g/mol. The molecule has 1 amide bonds. The fraction of sp³-hybridized carbons (Fsp3) is 0.0952. The molecule has 0 spiro atoms. The van der Waals surface area contributed by atoms with Crippen molar-refractivity contribution in [2.75, 3.05) is 23.9 Å². The molecular weight excluding hydrogens is 331 g/mol. The predicted octanol–water partition coefficient (Wildman–Crippen LogP) is 4.61. The maximum Gasteiger partial charge on any atom is 0.262 e. The number of carbonyl (C=O) groups excluding carboxylic acids is 1. The van der Waals surface area contributed by atoms with E-state index in [-0.39, 0.29) is 18.3 Å². The van der Waals surface area contributed by atoms with Gasteiger partial charge in [0, 0.05) is 12.7 Å². The molecule has 3 aromatic carbocycles. The van der Waals surface area contributed by atoms with Crippen molar-refractivity contribution in [2.45, 2.75) is 0 Å². The Hall–Kier alpha value is -3.34. The van der Waals surface area contributed by atoms with Crippen LogP contribution >= 0.6 is 0 Å². The Morgan fingerprint density at radius 1 is 0.962 bits per heavy atom. The maximum atomic E-state index is 12.9. The van der Waals surface area contributed by atoms with E-state index in [9.17, 15) is 9.18 Å². The lowest BCUT2D eigenvalue weighted by atomic mass is 10.2. The van der Waals surface area contributed by atoms with Gasteiger partial charge >= 0.3 is 0 Å². The Morgan fingerprint density at radius 2 is 1.62 bits per heavy atom. The van der Waals surface area contributed by atoms with Gasteiger partial charge in [0.05, 0.1) is 11.4 Å². The third kappa shape index (κ3) is 4.39. The molecule has 26 heavy (non-hydrogen) atoms. The molecule has 3 aromatic rings. The number of hydrogen-bond acceptors (Lipinski definition) is 3. The third-order valence-corrected chi connectivity index (χ3v) is 3.87. The highest BCUT2D eigenvalue weighted by Gasteiger charge is 2.11. The summed E-state index contributed by atoms with van der Waals surface area (Å²) in [6, 6.07) is 23.0. The van der Waals surface area contributed by atoms with E-state index in [0.717, 1.165) is 11.4 Å². The number of nitrogens with zero attached hydrogens (tertiary/aromatic N) is 1. The molecular formula is C21H19FN2O2. The molecule has 0 heterocycles. The van der Waals surface area contributed by atoms with Crippen molar-refractivity contribution in [1.29, 1.82) is 0 Å². The number of rotatable bonds is 6. The first-order valence-corrected chi connectivity index (χ1v) is 8.19. The maximum absolute atomic E-state index is 12.9. The van der Waals surface area contributed by atoms with Gasteiger partial charge in [-0.2, -0.15) is 0 Å².